The van der Waals surface area contributed by atoms with Crippen molar-refractivity contribution in [3.63, 3.8) is 0 Å². The lowest BCUT2D eigenvalue weighted by Gasteiger charge is -2.05. The normalized spacial score (nSPS) is 10.6. The van der Waals surface area contributed by atoms with Crippen LogP contribution in [0.2, 0.25) is 0 Å². The fraction of sp³-hybridized carbons (Fsp3) is 0.375. The largest absolute Gasteiger partial charge is 0.497 e. The van der Waals surface area contributed by atoms with Gasteiger partial charge in [0.1, 0.15) is 11.6 Å². The van der Waals surface area contributed by atoms with Crippen molar-refractivity contribution < 1.29 is 9.47 Å². The summed E-state index contributed by atoms with van der Waals surface area (Å²) in [7, 11) is 3.36. The zero-order valence-corrected chi connectivity index (χ0v) is 12.5. The van der Waals surface area contributed by atoms with Crippen molar-refractivity contribution in [3.05, 3.63) is 53.6 Å². The van der Waals surface area contributed by atoms with Gasteiger partial charge in [-0.3, -0.25) is 0 Å². The fourth-order valence-electron chi connectivity index (χ4n) is 1.90. The number of nitrogens with one attached hydrogen (secondary N) is 1. The molecule has 1 N–H and O–H groups in total. The van der Waals surface area contributed by atoms with E-state index in [1.807, 2.05) is 36.7 Å². The van der Waals surface area contributed by atoms with Crippen LogP contribution < -0.4 is 10.1 Å². The van der Waals surface area contributed by atoms with E-state index in [1.165, 1.54) is 5.56 Å². The predicted molar refractivity (Wildman–Crippen MR) is 81.4 cm³/mol. The first-order valence-corrected chi connectivity index (χ1v) is 6.94. The quantitative estimate of drug-likeness (QED) is 0.750. The molecule has 2 rings (SSSR count). The third-order valence-corrected chi connectivity index (χ3v) is 3.09. The minimum atomic E-state index is 0.705. The number of nitrogens with zero attached hydrogens (tertiary/aromatic N) is 2. The average molecular weight is 287 g/mol. The molecule has 0 spiro atoms. The van der Waals surface area contributed by atoms with Crippen LogP contribution in [0.5, 0.6) is 5.75 Å². The Bertz CT molecular complexity index is 526. The fourth-order valence-corrected chi connectivity index (χ4v) is 1.90. The Morgan fingerprint density at radius 1 is 1.00 bits per heavy atom. The van der Waals surface area contributed by atoms with Crippen LogP contribution in [0.15, 0.2) is 36.7 Å². The molecule has 0 saturated carbocycles. The van der Waals surface area contributed by atoms with Crippen LogP contribution in [0.3, 0.4) is 0 Å². The van der Waals surface area contributed by atoms with E-state index in [0.717, 1.165) is 36.6 Å². The second-order valence-corrected chi connectivity index (χ2v) is 4.70. The van der Waals surface area contributed by atoms with E-state index < -0.39 is 0 Å². The van der Waals surface area contributed by atoms with E-state index in [9.17, 15) is 0 Å². The van der Waals surface area contributed by atoms with Crippen molar-refractivity contribution in [2.75, 3.05) is 27.4 Å². The summed E-state index contributed by atoms with van der Waals surface area (Å²) in [5, 5.41) is 3.27. The first kappa shape index (κ1) is 15.4. The molecule has 5 nitrogen and oxygen atoms in total. The maximum Gasteiger partial charge on any atom is 0.132 e. The Kier molecular flexibility index (Phi) is 6.12. The molecule has 112 valence electrons. The Balaban J connectivity index is 1.86. The molecule has 5 heteroatoms. The summed E-state index contributed by atoms with van der Waals surface area (Å²) in [4.78, 5) is 8.80. The van der Waals surface area contributed by atoms with Crippen molar-refractivity contribution in [1.82, 2.24) is 15.3 Å². The van der Waals surface area contributed by atoms with Gasteiger partial charge in [0.25, 0.3) is 0 Å². The minimum absolute atomic E-state index is 0.705. The maximum absolute atomic E-state index is 5.14. The Hall–Kier alpha value is -1.98. The molecule has 0 atom stereocenters. The number of ether oxygens (including phenoxy) is 2. The molecule has 0 saturated heterocycles. The highest BCUT2D eigenvalue weighted by atomic mass is 16.5. The summed E-state index contributed by atoms with van der Waals surface area (Å²) in [6, 6.07) is 7.96. The van der Waals surface area contributed by atoms with Crippen LogP contribution in [0.4, 0.5) is 0 Å². The van der Waals surface area contributed by atoms with Gasteiger partial charge in [0, 0.05) is 44.6 Å². The van der Waals surface area contributed by atoms with Crippen LogP contribution in [-0.2, 0) is 17.7 Å². The molecule has 2 aromatic rings. The first-order valence-electron chi connectivity index (χ1n) is 6.94. The Morgan fingerprint density at radius 2 is 1.71 bits per heavy atom. The number of hydrogen-bond acceptors (Lipinski definition) is 5. The molecule has 0 amide bonds. The number of aromatic nitrogens is 2. The minimum Gasteiger partial charge on any atom is -0.497 e. The molecular weight excluding hydrogens is 266 g/mol. The van der Waals surface area contributed by atoms with Gasteiger partial charge < -0.3 is 14.8 Å². The van der Waals surface area contributed by atoms with Gasteiger partial charge in [0.15, 0.2) is 0 Å². The molecule has 0 fully saturated rings. The number of rotatable bonds is 8. The van der Waals surface area contributed by atoms with Crippen molar-refractivity contribution in [1.29, 1.82) is 0 Å². The lowest BCUT2D eigenvalue weighted by Crippen LogP contribution is -2.18. The van der Waals surface area contributed by atoms with Gasteiger partial charge in [-0.05, 0) is 17.7 Å². The van der Waals surface area contributed by atoms with Crippen molar-refractivity contribution in [2.24, 2.45) is 0 Å². The Morgan fingerprint density at radius 3 is 2.33 bits per heavy atom. The molecular formula is C16H21N3O2. The van der Waals surface area contributed by atoms with Crippen LogP contribution in [0.1, 0.15) is 17.0 Å². The standard InChI is InChI=1S/C16H21N3O2/c1-20-8-7-17-10-14-11-18-16(19-12-14)9-13-3-5-15(21-2)6-4-13/h3-6,11-12,17H,7-10H2,1-2H3. The van der Waals surface area contributed by atoms with Crippen molar-refractivity contribution >= 4 is 0 Å². The van der Waals surface area contributed by atoms with E-state index in [-0.39, 0.29) is 0 Å². The topological polar surface area (TPSA) is 56.3 Å². The highest BCUT2D eigenvalue weighted by Gasteiger charge is 2.01. The summed E-state index contributed by atoms with van der Waals surface area (Å²) in [6.45, 7) is 2.28. The summed E-state index contributed by atoms with van der Waals surface area (Å²) in [6.07, 6.45) is 4.46. The average Bonchev–Trinajstić information content (AvgIpc) is 2.54. The first-order chi connectivity index (χ1) is 10.3. The van der Waals surface area contributed by atoms with Gasteiger partial charge in [-0.15, -0.1) is 0 Å². The van der Waals surface area contributed by atoms with Crippen LogP contribution in [0, 0.1) is 0 Å². The summed E-state index contributed by atoms with van der Waals surface area (Å²) < 4.78 is 10.1. The molecule has 0 aliphatic carbocycles. The molecule has 0 aliphatic heterocycles. The lowest BCUT2D eigenvalue weighted by atomic mass is 10.1. The summed E-state index contributed by atoms with van der Waals surface area (Å²) in [5.41, 5.74) is 2.24. The van der Waals surface area contributed by atoms with E-state index in [0.29, 0.717) is 6.61 Å². The van der Waals surface area contributed by atoms with E-state index in [2.05, 4.69) is 15.3 Å². The Labute approximate surface area is 125 Å². The zero-order valence-electron chi connectivity index (χ0n) is 12.5. The van der Waals surface area contributed by atoms with E-state index in [1.54, 1.807) is 14.2 Å². The van der Waals surface area contributed by atoms with Gasteiger partial charge in [-0.1, -0.05) is 12.1 Å². The van der Waals surface area contributed by atoms with Crippen LogP contribution >= 0.6 is 0 Å². The number of hydrogen-bond donors (Lipinski definition) is 1. The third-order valence-electron chi connectivity index (χ3n) is 3.09. The maximum atomic E-state index is 5.14. The highest BCUT2D eigenvalue weighted by Crippen LogP contribution is 2.13. The van der Waals surface area contributed by atoms with Gasteiger partial charge in [-0.25, -0.2) is 9.97 Å². The predicted octanol–water partition coefficient (Wildman–Crippen LogP) is 1.81. The monoisotopic (exact) mass is 287 g/mol. The third kappa shape index (κ3) is 5.13. The lowest BCUT2D eigenvalue weighted by molar-refractivity contribution is 0.199. The molecule has 0 radical (unpaired) electrons. The van der Waals surface area contributed by atoms with E-state index >= 15 is 0 Å². The molecule has 1 aromatic heterocycles. The smallest absolute Gasteiger partial charge is 0.132 e. The van der Waals surface area contributed by atoms with E-state index in [4.69, 9.17) is 9.47 Å². The van der Waals surface area contributed by atoms with Crippen molar-refractivity contribution in [3.8, 4) is 5.75 Å². The summed E-state index contributed by atoms with van der Waals surface area (Å²) >= 11 is 0. The molecule has 0 bridgehead atoms. The van der Waals surface area contributed by atoms with Crippen LogP contribution in [-0.4, -0.2) is 37.3 Å². The zero-order chi connectivity index (χ0) is 14.9. The number of methoxy groups -OCH3 is 2. The van der Waals surface area contributed by atoms with Gasteiger partial charge in [-0.2, -0.15) is 0 Å². The molecule has 21 heavy (non-hydrogen) atoms. The summed E-state index contributed by atoms with van der Waals surface area (Å²) in [5.74, 6) is 1.68. The second-order valence-electron chi connectivity index (χ2n) is 4.70. The molecule has 0 unspecified atom stereocenters. The van der Waals surface area contributed by atoms with Gasteiger partial charge in [0.05, 0.1) is 13.7 Å². The molecule has 0 aliphatic rings. The van der Waals surface area contributed by atoms with Gasteiger partial charge >= 0.3 is 0 Å². The molecule has 1 aromatic carbocycles. The molecule has 1 heterocycles. The van der Waals surface area contributed by atoms with Crippen LogP contribution in [0.25, 0.3) is 0 Å². The van der Waals surface area contributed by atoms with Gasteiger partial charge in [0.2, 0.25) is 0 Å². The van der Waals surface area contributed by atoms with Crippen molar-refractivity contribution in [2.45, 2.75) is 13.0 Å². The highest BCUT2D eigenvalue weighted by molar-refractivity contribution is 5.28. The second kappa shape index (κ2) is 8.34. The number of benzene rings is 1. The SMILES string of the molecule is COCCNCc1cnc(Cc2ccc(OC)cc2)nc1.